The zero-order valence-corrected chi connectivity index (χ0v) is 17.1. The van der Waals surface area contributed by atoms with Gasteiger partial charge < -0.3 is 5.11 Å². The molecule has 0 unspecified atom stereocenters. The van der Waals surface area contributed by atoms with E-state index in [-0.39, 0.29) is 17.0 Å². The number of hydrogen-bond donors (Lipinski definition) is 1. The molecule has 0 aliphatic rings. The summed E-state index contributed by atoms with van der Waals surface area (Å²) in [4.78, 5) is 15.0. The van der Waals surface area contributed by atoms with Crippen molar-refractivity contribution in [3.63, 3.8) is 0 Å². The van der Waals surface area contributed by atoms with Crippen LogP contribution in [0.4, 0.5) is 11.5 Å². The first-order valence-corrected chi connectivity index (χ1v) is 9.73. The molecule has 0 aliphatic carbocycles. The van der Waals surface area contributed by atoms with Gasteiger partial charge in [-0.3, -0.25) is 10.1 Å². The molecule has 0 amide bonds. The lowest BCUT2D eigenvalue weighted by Gasteiger charge is -2.04. The van der Waals surface area contributed by atoms with E-state index in [9.17, 15) is 15.2 Å². The first-order chi connectivity index (χ1) is 14.5. The minimum absolute atomic E-state index is 0.0942. The second kappa shape index (κ2) is 8.30. The lowest BCUT2D eigenvalue weighted by molar-refractivity contribution is -0.384. The van der Waals surface area contributed by atoms with E-state index in [0.29, 0.717) is 5.82 Å². The maximum atomic E-state index is 11.0. The largest absolute Gasteiger partial charge is 0.507 e. The maximum Gasteiger partial charge on any atom is 0.270 e. The Morgan fingerprint density at radius 3 is 2.47 bits per heavy atom. The molecule has 0 aliphatic heterocycles. The van der Waals surface area contributed by atoms with Crippen molar-refractivity contribution < 1.29 is 10.0 Å². The standard InChI is InChI=1S/C22H15BrN4O3/c23-17-8-6-15(7-9-17)20-13-22(26(25-20)18-4-2-1-3-5-18)24-14-16-12-19(27(29)30)10-11-21(16)28/h1-14,28H/b24-14+. The van der Waals surface area contributed by atoms with Crippen molar-refractivity contribution in [2.75, 3.05) is 0 Å². The summed E-state index contributed by atoms with van der Waals surface area (Å²) in [5, 5.41) is 25.8. The summed E-state index contributed by atoms with van der Waals surface area (Å²) >= 11 is 3.43. The van der Waals surface area contributed by atoms with Gasteiger partial charge in [-0.15, -0.1) is 0 Å². The van der Waals surface area contributed by atoms with Gasteiger partial charge in [-0.2, -0.15) is 5.10 Å². The van der Waals surface area contributed by atoms with Crippen LogP contribution in [0.3, 0.4) is 0 Å². The van der Waals surface area contributed by atoms with Gasteiger partial charge in [0.1, 0.15) is 5.75 Å². The highest BCUT2D eigenvalue weighted by Gasteiger charge is 2.12. The van der Waals surface area contributed by atoms with Gasteiger partial charge in [0.05, 0.1) is 16.3 Å². The van der Waals surface area contributed by atoms with Crippen molar-refractivity contribution in [3.05, 3.63) is 99.0 Å². The summed E-state index contributed by atoms with van der Waals surface area (Å²) in [6, 6.07) is 22.9. The van der Waals surface area contributed by atoms with Crippen LogP contribution in [0.15, 0.2) is 88.3 Å². The van der Waals surface area contributed by atoms with Crippen molar-refractivity contribution in [2.45, 2.75) is 0 Å². The van der Waals surface area contributed by atoms with Crippen LogP contribution < -0.4 is 0 Å². The number of phenols is 1. The first kappa shape index (κ1) is 19.5. The normalized spacial score (nSPS) is 11.1. The molecule has 0 fully saturated rings. The highest BCUT2D eigenvalue weighted by molar-refractivity contribution is 9.10. The lowest BCUT2D eigenvalue weighted by Crippen LogP contribution is -1.96. The second-order valence-electron chi connectivity index (χ2n) is 6.40. The van der Waals surface area contributed by atoms with Crippen LogP contribution in [-0.2, 0) is 0 Å². The minimum Gasteiger partial charge on any atom is -0.507 e. The highest BCUT2D eigenvalue weighted by Crippen LogP contribution is 2.28. The highest BCUT2D eigenvalue weighted by atomic mass is 79.9. The molecule has 8 heteroatoms. The van der Waals surface area contributed by atoms with Gasteiger partial charge in [-0.05, 0) is 30.3 Å². The summed E-state index contributed by atoms with van der Waals surface area (Å²) in [5.74, 6) is 0.424. The third-order valence-corrected chi connectivity index (χ3v) is 4.92. The zero-order valence-electron chi connectivity index (χ0n) is 15.5. The number of nitro benzene ring substituents is 1. The van der Waals surface area contributed by atoms with Crippen LogP contribution in [0, 0.1) is 10.1 Å². The average molecular weight is 463 g/mol. The fraction of sp³-hybridized carbons (Fsp3) is 0. The average Bonchev–Trinajstić information content (AvgIpc) is 3.18. The molecular formula is C22H15BrN4O3. The summed E-state index contributed by atoms with van der Waals surface area (Å²) < 4.78 is 2.65. The van der Waals surface area contributed by atoms with Gasteiger partial charge in [0.15, 0.2) is 5.82 Å². The van der Waals surface area contributed by atoms with Gasteiger partial charge in [-0.1, -0.05) is 46.3 Å². The molecule has 148 valence electrons. The number of halogens is 1. The third-order valence-electron chi connectivity index (χ3n) is 4.39. The monoisotopic (exact) mass is 462 g/mol. The number of benzene rings is 3. The van der Waals surface area contributed by atoms with Gasteiger partial charge in [-0.25, -0.2) is 9.67 Å². The first-order valence-electron chi connectivity index (χ1n) is 8.94. The second-order valence-corrected chi connectivity index (χ2v) is 7.32. The number of rotatable bonds is 5. The van der Waals surface area contributed by atoms with Crippen LogP contribution in [0.2, 0.25) is 0 Å². The predicted octanol–water partition coefficient (Wildman–Crippen LogP) is 5.67. The Morgan fingerprint density at radius 2 is 1.77 bits per heavy atom. The molecule has 7 nitrogen and oxygen atoms in total. The molecule has 1 heterocycles. The Bertz CT molecular complexity index is 1240. The molecule has 3 aromatic carbocycles. The Kier molecular flexibility index (Phi) is 5.40. The number of nitrogens with zero attached hydrogens (tertiary/aromatic N) is 4. The number of aromatic hydroxyl groups is 1. The van der Waals surface area contributed by atoms with Gasteiger partial charge in [0.25, 0.3) is 5.69 Å². The molecule has 1 N–H and O–H groups in total. The Morgan fingerprint density at radius 1 is 1.03 bits per heavy atom. The van der Waals surface area contributed by atoms with Crippen LogP contribution in [0.1, 0.15) is 5.56 Å². The van der Waals surface area contributed by atoms with E-state index < -0.39 is 4.92 Å². The Hall–Kier alpha value is -3.78. The van der Waals surface area contributed by atoms with Crippen LogP contribution in [-0.4, -0.2) is 26.0 Å². The number of hydrogen-bond acceptors (Lipinski definition) is 5. The van der Waals surface area contributed by atoms with E-state index >= 15 is 0 Å². The van der Waals surface area contributed by atoms with E-state index in [2.05, 4.69) is 26.0 Å². The molecule has 0 saturated heterocycles. The molecular weight excluding hydrogens is 448 g/mol. The molecule has 4 aromatic rings. The lowest BCUT2D eigenvalue weighted by atomic mass is 10.1. The molecule has 0 saturated carbocycles. The predicted molar refractivity (Wildman–Crippen MR) is 119 cm³/mol. The maximum absolute atomic E-state index is 11.0. The van der Waals surface area contributed by atoms with Crippen LogP contribution >= 0.6 is 15.9 Å². The quantitative estimate of drug-likeness (QED) is 0.235. The summed E-state index contributed by atoms with van der Waals surface area (Å²) in [5.41, 5.74) is 2.58. The van der Waals surface area contributed by atoms with Crippen molar-refractivity contribution in [1.29, 1.82) is 0 Å². The Labute approximate surface area is 180 Å². The number of non-ortho nitro benzene ring substituents is 1. The SMILES string of the molecule is O=[N+]([O-])c1ccc(O)c(/C=N/c2cc(-c3ccc(Br)cc3)nn2-c2ccccc2)c1. The molecule has 0 bridgehead atoms. The van der Waals surface area contributed by atoms with E-state index in [4.69, 9.17) is 0 Å². The Balaban J connectivity index is 1.78. The van der Waals surface area contributed by atoms with Gasteiger partial charge >= 0.3 is 0 Å². The van der Waals surface area contributed by atoms with Gasteiger partial charge in [0.2, 0.25) is 0 Å². The number of aromatic nitrogens is 2. The molecule has 0 spiro atoms. The smallest absolute Gasteiger partial charge is 0.270 e. The topological polar surface area (TPSA) is 93.6 Å². The molecule has 0 radical (unpaired) electrons. The fourth-order valence-corrected chi connectivity index (χ4v) is 3.14. The number of nitro groups is 1. The summed E-state index contributed by atoms with van der Waals surface area (Å²) in [6.07, 6.45) is 1.39. The molecule has 0 atom stereocenters. The van der Waals surface area contributed by atoms with E-state index in [1.54, 1.807) is 4.68 Å². The number of aliphatic imine (C=N–C) groups is 1. The summed E-state index contributed by atoms with van der Waals surface area (Å²) in [6.45, 7) is 0. The zero-order chi connectivity index (χ0) is 21.1. The van der Waals surface area contributed by atoms with E-state index in [0.717, 1.165) is 21.4 Å². The van der Waals surface area contributed by atoms with Crippen molar-refractivity contribution >= 4 is 33.6 Å². The molecule has 30 heavy (non-hydrogen) atoms. The van der Waals surface area contributed by atoms with Crippen molar-refractivity contribution in [3.8, 4) is 22.7 Å². The number of phenolic OH excluding ortho intramolecular Hbond substituents is 1. The minimum atomic E-state index is -0.517. The van der Waals surface area contributed by atoms with E-state index in [1.807, 2.05) is 60.7 Å². The van der Waals surface area contributed by atoms with Crippen molar-refractivity contribution in [2.24, 2.45) is 4.99 Å². The van der Waals surface area contributed by atoms with Crippen molar-refractivity contribution in [1.82, 2.24) is 9.78 Å². The van der Waals surface area contributed by atoms with E-state index in [1.165, 1.54) is 24.4 Å². The molecule has 4 rings (SSSR count). The van der Waals surface area contributed by atoms with Crippen LogP contribution in [0.5, 0.6) is 5.75 Å². The fourth-order valence-electron chi connectivity index (χ4n) is 2.88. The third kappa shape index (κ3) is 4.13. The number of para-hydroxylation sites is 1. The molecule has 1 aromatic heterocycles. The van der Waals surface area contributed by atoms with Crippen LogP contribution in [0.25, 0.3) is 16.9 Å². The van der Waals surface area contributed by atoms with Gasteiger partial charge in [0, 0.05) is 40.0 Å². The summed E-state index contributed by atoms with van der Waals surface area (Å²) in [7, 11) is 0.